The van der Waals surface area contributed by atoms with E-state index in [1.807, 2.05) is 0 Å². The van der Waals surface area contributed by atoms with Gasteiger partial charge in [-0.15, -0.1) is 0 Å². The van der Waals surface area contributed by atoms with Crippen LogP contribution in [0.15, 0.2) is 42.6 Å². The molecule has 1 heterocycles. The third kappa shape index (κ3) is 4.47. The highest BCUT2D eigenvalue weighted by atomic mass is 16.5. The minimum Gasteiger partial charge on any atom is -0.497 e. The molecule has 0 saturated carbocycles. The predicted octanol–water partition coefficient (Wildman–Crippen LogP) is 1.60. The van der Waals surface area contributed by atoms with Crippen molar-refractivity contribution in [1.29, 1.82) is 0 Å². The van der Waals surface area contributed by atoms with Crippen LogP contribution in [0.2, 0.25) is 0 Å². The average molecular weight is 288 g/mol. The van der Waals surface area contributed by atoms with Gasteiger partial charge in [0.1, 0.15) is 11.5 Å². The van der Waals surface area contributed by atoms with Crippen molar-refractivity contribution in [2.24, 2.45) is 0 Å². The van der Waals surface area contributed by atoms with E-state index in [1.165, 1.54) is 6.20 Å². The number of hydrogen-bond donors (Lipinski definition) is 2. The van der Waals surface area contributed by atoms with Gasteiger partial charge in [-0.2, -0.15) is 0 Å². The number of aliphatic hydroxyl groups is 1. The second-order valence-electron chi connectivity index (χ2n) is 4.21. The van der Waals surface area contributed by atoms with Crippen LogP contribution in [0.5, 0.6) is 11.5 Å². The Morgan fingerprint density at radius 1 is 1.19 bits per heavy atom. The number of carbonyl (C=O) groups is 1. The molecule has 21 heavy (non-hydrogen) atoms. The molecule has 0 fully saturated rings. The lowest BCUT2D eigenvalue weighted by Crippen LogP contribution is -2.20. The molecule has 0 saturated heterocycles. The summed E-state index contributed by atoms with van der Waals surface area (Å²) >= 11 is 0. The highest BCUT2D eigenvalue weighted by Gasteiger charge is 2.04. The molecule has 1 amide bonds. The van der Waals surface area contributed by atoms with E-state index in [1.54, 1.807) is 43.5 Å². The molecule has 0 aliphatic carbocycles. The molecular formula is C15H16N2O4. The lowest BCUT2D eigenvalue weighted by Gasteiger charge is -2.08. The number of ether oxygens (including phenoxy) is 2. The lowest BCUT2D eigenvalue weighted by molar-refractivity contribution is -0.118. The standard InChI is InChI=1S/C15H16N2O4/c1-20-13-5-2-11(3-6-13)17-15(19)10-21-14-7-4-12(9-18)16-8-14/h2-8,18H,9-10H2,1H3,(H,17,19). The fourth-order valence-electron chi connectivity index (χ4n) is 1.61. The summed E-state index contributed by atoms with van der Waals surface area (Å²) in [7, 11) is 1.58. The molecule has 1 aromatic heterocycles. The third-order valence-corrected chi connectivity index (χ3v) is 2.70. The fraction of sp³-hybridized carbons (Fsp3) is 0.200. The summed E-state index contributed by atoms with van der Waals surface area (Å²) in [5, 5.41) is 11.6. The number of hydrogen-bond acceptors (Lipinski definition) is 5. The number of nitrogens with zero attached hydrogens (tertiary/aromatic N) is 1. The molecule has 0 spiro atoms. The van der Waals surface area contributed by atoms with E-state index < -0.39 is 0 Å². The molecule has 0 radical (unpaired) electrons. The smallest absolute Gasteiger partial charge is 0.262 e. The van der Waals surface area contributed by atoms with E-state index in [4.69, 9.17) is 14.6 Å². The first-order valence-corrected chi connectivity index (χ1v) is 6.34. The van der Waals surface area contributed by atoms with Gasteiger partial charge in [-0.3, -0.25) is 9.78 Å². The Morgan fingerprint density at radius 3 is 2.48 bits per heavy atom. The van der Waals surface area contributed by atoms with E-state index in [9.17, 15) is 4.79 Å². The van der Waals surface area contributed by atoms with Gasteiger partial charge in [0.2, 0.25) is 0 Å². The van der Waals surface area contributed by atoms with Crippen LogP contribution < -0.4 is 14.8 Å². The van der Waals surface area contributed by atoms with Crippen molar-refractivity contribution in [3.05, 3.63) is 48.3 Å². The van der Waals surface area contributed by atoms with Crippen LogP contribution in [0, 0.1) is 0 Å². The number of aliphatic hydroxyl groups excluding tert-OH is 1. The fourth-order valence-corrected chi connectivity index (χ4v) is 1.61. The van der Waals surface area contributed by atoms with Crippen LogP contribution in [0.1, 0.15) is 5.69 Å². The minimum atomic E-state index is -0.272. The molecule has 6 heteroatoms. The Morgan fingerprint density at radius 2 is 1.90 bits per heavy atom. The number of amides is 1. The van der Waals surface area contributed by atoms with E-state index in [2.05, 4.69) is 10.3 Å². The minimum absolute atomic E-state index is 0.119. The molecular weight excluding hydrogens is 272 g/mol. The number of aromatic nitrogens is 1. The summed E-state index contributed by atoms with van der Waals surface area (Å²) in [5.41, 5.74) is 1.21. The largest absolute Gasteiger partial charge is 0.497 e. The van der Waals surface area contributed by atoms with Gasteiger partial charge < -0.3 is 19.9 Å². The molecule has 2 rings (SSSR count). The van der Waals surface area contributed by atoms with Crippen molar-refractivity contribution in [3.63, 3.8) is 0 Å². The van der Waals surface area contributed by atoms with Gasteiger partial charge >= 0.3 is 0 Å². The Hall–Kier alpha value is -2.60. The summed E-state index contributed by atoms with van der Waals surface area (Å²) < 4.78 is 10.3. The van der Waals surface area contributed by atoms with Crippen LogP contribution in [-0.2, 0) is 11.4 Å². The maximum Gasteiger partial charge on any atom is 0.262 e. The highest BCUT2D eigenvalue weighted by molar-refractivity contribution is 5.91. The van der Waals surface area contributed by atoms with Crippen LogP contribution in [0.25, 0.3) is 0 Å². The number of methoxy groups -OCH3 is 1. The van der Waals surface area contributed by atoms with Gasteiger partial charge in [-0.05, 0) is 36.4 Å². The first-order valence-electron chi connectivity index (χ1n) is 6.34. The van der Waals surface area contributed by atoms with Crippen molar-refractivity contribution < 1.29 is 19.4 Å². The number of carbonyl (C=O) groups excluding carboxylic acids is 1. The first kappa shape index (κ1) is 14.8. The number of pyridine rings is 1. The second-order valence-corrected chi connectivity index (χ2v) is 4.21. The van der Waals surface area contributed by atoms with Gasteiger partial charge in [0, 0.05) is 5.69 Å². The number of anilines is 1. The van der Waals surface area contributed by atoms with Gasteiger partial charge in [0.15, 0.2) is 6.61 Å². The molecule has 2 N–H and O–H groups in total. The van der Waals surface area contributed by atoms with E-state index in [-0.39, 0.29) is 19.1 Å². The zero-order valence-corrected chi connectivity index (χ0v) is 11.6. The molecule has 0 unspecified atom stereocenters. The van der Waals surface area contributed by atoms with Crippen LogP contribution >= 0.6 is 0 Å². The highest BCUT2D eigenvalue weighted by Crippen LogP contribution is 2.15. The lowest BCUT2D eigenvalue weighted by atomic mass is 10.3. The summed E-state index contributed by atoms with van der Waals surface area (Å²) in [5.74, 6) is 0.919. The summed E-state index contributed by atoms with van der Waals surface area (Å²) in [6, 6.07) is 10.3. The monoisotopic (exact) mass is 288 g/mol. The van der Waals surface area contributed by atoms with Crippen molar-refractivity contribution >= 4 is 11.6 Å². The second kappa shape index (κ2) is 7.25. The summed E-state index contributed by atoms with van der Waals surface area (Å²) in [6.07, 6.45) is 1.46. The number of rotatable bonds is 6. The molecule has 0 bridgehead atoms. The number of benzene rings is 1. The van der Waals surface area contributed by atoms with E-state index in [0.717, 1.165) is 5.75 Å². The topological polar surface area (TPSA) is 80.7 Å². The summed E-state index contributed by atoms with van der Waals surface area (Å²) in [6.45, 7) is -0.246. The van der Waals surface area contributed by atoms with Crippen molar-refractivity contribution in [2.75, 3.05) is 19.0 Å². The van der Waals surface area contributed by atoms with Gasteiger partial charge in [-0.1, -0.05) is 0 Å². The molecule has 0 atom stereocenters. The summed E-state index contributed by atoms with van der Waals surface area (Å²) in [4.78, 5) is 15.7. The normalized spacial score (nSPS) is 10.0. The zero-order valence-electron chi connectivity index (χ0n) is 11.6. The SMILES string of the molecule is COc1ccc(NC(=O)COc2ccc(CO)nc2)cc1. The van der Waals surface area contributed by atoms with Gasteiger partial charge in [0.05, 0.1) is 25.6 Å². The Kier molecular flexibility index (Phi) is 5.11. The predicted molar refractivity (Wildman–Crippen MR) is 77.3 cm³/mol. The van der Waals surface area contributed by atoms with E-state index in [0.29, 0.717) is 17.1 Å². The van der Waals surface area contributed by atoms with Crippen molar-refractivity contribution in [3.8, 4) is 11.5 Å². The van der Waals surface area contributed by atoms with Crippen LogP contribution in [0.3, 0.4) is 0 Å². The average Bonchev–Trinajstić information content (AvgIpc) is 2.54. The molecule has 110 valence electrons. The van der Waals surface area contributed by atoms with Crippen molar-refractivity contribution in [1.82, 2.24) is 4.98 Å². The maximum atomic E-state index is 11.7. The Labute approximate surface area is 122 Å². The molecule has 1 aromatic carbocycles. The quantitative estimate of drug-likeness (QED) is 0.844. The Bertz CT molecular complexity index is 582. The molecule has 6 nitrogen and oxygen atoms in total. The molecule has 0 aliphatic heterocycles. The Balaban J connectivity index is 1.83. The number of nitrogens with one attached hydrogen (secondary N) is 1. The molecule has 2 aromatic rings. The third-order valence-electron chi connectivity index (χ3n) is 2.70. The van der Waals surface area contributed by atoms with E-state index >= 15 is 0 Å². The van der Waals surface area contributed by atoms with Crippen LogP contribution in [0.4, 0.5) is 5.69 Å². The first-order chi connectivity index (χ1) is 10.2. The van der Waals surface area contributed by atoms with Crippen molar-refractivity contribution in [2.45, 2.75) is 6.61 Å². The van der Waals surface area contributed by atoms with Crippen LogP contribution in [-0.4, -0.2) is 29.7 Å². The maximum absolute atomic E-state index is 11.7. The van der Waals surface area contributed by atoms with Gasteiger partial charge in [0.25, 0.3) is 5.91 Å². The molecule has 0 aliphatic rings. The van der Waals surface area contributed by atoms with Gasteiger partial charge in [-0.25, -0.2) is 0 Å². The zero-order chi connectivity index (χ0) is 15.1.